The zero-order valence-corrected chi connectivity index (χ0v) is 13.4. The van der Waals surface area contributed by atoms with Crippen molar-refractivity contribution in [2.45, 2.75) is 18.9 Å². The van der Waals surface area contributed by atoms with Gasteiger partial charge in [0.25, 0.3) is 0 Å². The van der Waals surface area contributed by atoms with Crippen LogP contribution in [0.15, 0.2) is 41.1 Å². The lowest BCUT2D eigenvalue weighted by Gasteiger charge is -2.03. The van der Waals surface area contributed by atoms with Gasteiger partial charge in [-0.15, -0.1) is 5.10 Å². The number of nitrogens with zero attached hydrogens (tertiary/aromatic N) is 4. The van der Waals surface area contributed by atoms with Gasteiger partial charge in [0, 0.05) is 30.4 Å². The Kier molecular flexibility index (Phi) is 4.00. The molecule has 0 spiro atoms. The van der Waals surface area contributed by atoms with Crippen molar-refractivity contribution >= 4 is 0 Å². The number of hydrogen-bond acceptors (Lipinski definition) is 6. The second-order valence-corrected chi connectivity index (χ2v) is 5.78. The topological polar surface area (TPSA) is 75.2 Å². The first-order valence-corrected chi connectivity index (χ1v) is 7.90. The molecule has 124 valence electrons. The number of benzene rings is 1. The molecule has 24 heavy (non-hydrogen) atoms. The fourth-order valence-corrected chi connectivity index (χ4v) is 2.88. The van der Waals surface area contributed by atoms with Crippen LogP contribution in [-0.4, -0.2) is 40.5 Å². The molecule has 3 aromatic rings. The first-order valence-electron chi connectivity index (χ1n) is 7.90. The maximum atomic E-state index is 5.44. The van der Waals surface area contributed by atoms with Gasteiger partial charge in [0.15, 0.2) is 5.76 Å². The lowest BCUT2D eigenvalue weighted by atomic mass is 10.1. The van der Waals surface area contributed by atoms with Crippen molar-refractivity contribution in [3.05, 3.63) is 48.0 Å². The fourth-order valence-electron chi connectivity index (χ4n) is 2.88. The molecule has 0 unspecified atom stereocenters. The van der Waals surface area contributed by atoms with E-state index in [0.717, 1.165) is 48.1 Å². The molecular formula is C17H18N4O3. The summed E-state index contributed by atoms with van der Waals surface area (Å²) in [6, 6.07) is 9.62. The number of rotatable bonds is 5. The van der Waals surface area contributed by atoms with E-state index in [1.807, 2.05) is 36.5 Å². The second-order valence-electron chi connectivity index (χ2n) is 5.78. The van der Waals surface area contributed by atoms with Crippen LogP contribution in [-0.2, 0) is 11.3 Å². The van der Waals surface area contributed by atoms with Gasteiger partial charge in [-0.05, 0) is 18.6 Å². The van der Waals surface area contributed by atoms with Crippen molar-refractivity contribution in [3.63, 3.8) is 0 Å². The zero-order chi connectivity index (χ0) is 16.4. The molecule has 3 heterocycles. The predicted molar refractivity (Wildman–Crippen MR) is 85.8 cm³/mol. The minimum atomic E-state index is 0.345. The standard InChI is InChI=1S/C17H18N4O3/c1-22-17-5-3-2-4-14(17)15-8-13(24-19-15)9-21-10-16(18-20-21)12-6-7-23-11-12/h2-5,8,10,12H,6-7,9,11H2,1H3/t12-/m0/s1. The summed E-state index contributed by atoms with van der Waals surface area (Å²) in [4.78, 5) is 0. The monoisotopic (exact) mass is 326 g/mol. The summed E-state index contributed by atoms with van der Waals surface area (Å²) in [7, 11) is 1.64. The summed E-state index contributed by atoms with van der Waals surface area (Å²) in [5.74, 6) is 1.83. The van der Waals surface area contributed by atoms with Gasteiger partial charge in [0.05, 0.1) is 19.4 Å². The lowest BCUT2D eigenvalue weighted by molar-refractivity contribution is 0.193. The Labute approximate surface area is 139 Å². The predicted octanol–water partition coefficient (Wildman–Crippen LogP) is 2.49. The molecule has 0 amide bonds. The third-order valence-corrected chi connectivity index (χ3v) is 4.16. The minimum Gasteiger partial charge on any atom is -0.496 e. The van der Waals surface area contributed by atoms with Gasteiger partial charge in [-0.2, -0.15) is 0 Å². The van der Waals surface area contributed by atoms with Crippen molar-refractivity contribution in [2.24, 2.45) is 0 Å². The highest BCUT2D eigenvalue weighted by molar-refractivity contribution is 5.66. The second kappa shape index (κ2) is 6.45. The summed E-state index contributed by atoms with van der Waals surface area (Å²) in [5.41, 5.74) is 2.61. The molecule has 1 fully saturated rings. The lowest BCUT2D eigenvalue weighted by Crippen LogP contribution is -1.99. The average Bonchev–Trinajstić information content (AvgIpc) is 3.36. The van der Waals surface area contributed by atoms with E-state index in [9.17, 15) is 0 Å². The van der Waals surface area contributed by atoms with Gasteiger partial charge in [0.2, 0.25) is 0 Å². The molecule has 0 saturated carbocycles. The van der Waals surface area contributed by atoms with E-state index in [0.29, 0.717) is 12.5 Å². The highest BCUT2D eigenvalue weighted by Gasteiger charge is 2.21. The first kappa shape index (κ1) is 14.9. The van der Waals surface area contributed by atoms with E-state index in [4.69, 9.17) is 14.0 Å². The third-order valence-electron chi connectivity index (χ3n) is 4.16. The Morgan fingerprint density at radius 3 is 3.08 bits per heavy atom. The largest absolute Gasteiger partial charge is 0.496 e. The summed E-state index contributed by atoms with van der Waals surface area (Å²) in [6.45, 7) is 2.00. The van der Waals surface area contributed by atoms with E-state index in [2.05, 4.69) is 15.5 Å². The molecule has 0 bridgehead atoms. The van der Waals surface area contributed by atoms with Gasteiger partial charge in [0.1, 0.15) is 18.0 Å². The average molecular weight is 326 g/mol. The van der Waals surface area contributed by atoms with Crippen LogP contribution >= 0.6 is 0 Å². The molecule has 1 aromatic carbocycles. The molecule has 0 radical (unpaired) electrons. The van der Waals surface area contributed by atoms with Crippen LogP contribution in [0.25, 0.3) is 11.3 Å². The third kappa shape index (κ3) is 2.90. The van der Waals surface area contributed by atoms with Gasteiger partial charge in [-0.1, -0.05) is 22.5 Å². The zero-order valence-electron chi connectivity index (χ0n) is 13.4. The van der Waals surface area contributed by atoms with Crippen molar-refractivity contribution in [1.29, 1.82) is 0 Å². The molecule has 1 saturated heterocycles. The number of ether oxygens (including phenoxy) is 2. The molecule has 1 atom stereocenters. The van der Waals surface area contributed by atoms with Crippen molar-refractivity contribution in [1.82, 2.24) is 20.2 Å². The van der Waals surface area contributed by atoms with Crippen LogP contribution in [0.3, 0.4) is 0 Å². The summed E-state index contributed by atoms with van der Waals surface area (Å²) in [5, 5.41) is 12.5. The fraction of sp³-hybridized carbons (Fsp3) is 0.353. The number of hydrogen-bond donors (Lipinski definition) is 0. The highest BCUT2D eigenvalue weighted by Crippen LogP contribution is 2.29. The Balaban J connectivity index is 1.51. The van der Waals surface area contributed by atoms with Crippen LogP contribution in [0, 0.1) is 0 Å². The normalized spacial score (nSPS) is 17.3. The summed E-state index contributed by atoms with van der Waals surface area (Å²) >= 11 is 0. The van der Waals surface area contributed by atoms with Crippen molar-refractivity contribution < 1.29 is 14.0 Å². The maximum Gasteiger partial charge on any atom is 0.158 e. The Morgan fingerprint density at radius 1 is 1.33 bits per heavy atom. The SMILES string of the molecule is COc1ccccc1-c1cc(Cn2cc([C@H]3CCOC3)nn2)on1. The number of para-hydroxylation sites is 1. The molecule has 2 aromatic heterocycles. The molecule has 7 nitrogen and oxygen atoms in total. The maximum absolute atomic E-state index is 5.44. The van der Waals surface area contributed by atoms with E-state index in [-0.39, 0.29) is 0 Å². The van der Waals surface area contributed by atoms with Gasteiger partial charge in [-0.25, -0.2) is 4.68 Å². The molecular weight excluding hydrogens is 308 g/mol. The molecule has 1 aliphatic rings. The summed E-state index contributed by atoms with van der Waals surface area (Å²) in [6.07, 6.45) is 2.95. The van der Waals surface area contributed by atoms with Gasteiger partial charge >= 0.3 is 0 Å². The van der Waals surface area contributed by atoms with E-state index < -0.39 is 0 Å². The van der Waals surface area contributed by atoms with Crippen molar-refractivity contribution in [3.8, 4) is 17.0 Å². The van der Waals surface area contributed by atoms with Crippen LogP contribution < -0.4 is 4.74 Å². The Bertz CT molecular complexity index is 821. The number of methoxy groups -OCH3 is 1. The van der Waals surface area contributed by atoms with Crippen LogP contribution in [0.2, 0.25) is 0 Å². The van der Waals surface area contributed by atoms with E-state index >= 15 is 0 Å². The smallest absolute Gasteiger partial charge is 0.158 e. The van der Waals surface area contributed by atoms with Gasteiger partial charge in [-0.3, -0.25) is 0 Å². The molecule has 0 N–H and O–H groups in total. The number of aromatic nitrogens is 4. The molecule has 7 heteroatoms. The molecule has 1 aliphatic heterocycles. The van der Waals surface area contributed by atoms with E-state index in [1.54, 1.807) is 11.8 Å². The quantitative estimate of drug-likeness (QED) is 0.717. The highest BCUT2D eigenvalue weighted by atomic mass is 16.5. The summed E-state index contributed by atoms with van der Waals surface area (Å²) < 4.78 is 18.0. The van der Waals surface area contributed by atoms with E-state index in [1.165, 1.54) is 0 Å². The Morgan fingerprint density at radius 2 is 2.25 bits per heavy atom. The van der Waals surface area contributed by atoms with Crippen molar-refractivity contribution in [2.75, 3.05) is 20.3 Å². The van der Waals surface area contributed by atoms with Crippen LogP contribution in [0.1, 0.15) is 23.8 Å². The molecule has 4 rings (SSSR count). The Hall–Kier alpha value is -2.67. The van der Waals surface area contributed by atoms with Gasteiger partial charge < -0.3 is 14.0 Å². The molecule has 0 aliphatic carbocycles. The minimum absolute atomic E-state index is 0.345. The van der Waals surface area contributed by atoms with Crippen LogP contribution in [0.5, 0.6) is 5.75 Å². The van der Waals surface area contributed by atoms with Crippen LogP contribution in [0.4, 0.5) is 0 Å². The first-order chi connectivity index (χ1) is 11.8.